The van der Waals surface area contributed by atoms with Crippen LogP contribution in [0.2, 0.25) is 0 Å². The highest BCUT2D eigenvalue weighted by Gasteiger charge is 2.22. The first kappa shape index (κ1) is 14.3. The fourth-order valence-electron chi connectivity index (χ4n) is 3.08. The Kier molecular flexibility index (Phi) is 3.80. The van der Waals surface area contributed by atoms with Gasteiger partial charge >= 0.3 is 0 Å². The minimum Gasteiger partial charge on any atom is -0.393 e. The zero-order valence-corrected chi connectivity index (χ0v) is 12.9. The van der Waals surface area contributed by atoms with Crippen molar-refractivity contribution in [3.8, 4) is 0 Å². The van der Waals surface area contributed by atoms with Crippen molar-refractivity contribution in [2.75, 3.05) is 5.32 Å². The van der Waals surface area contributed by atoms with Gasteiger partial charge in [0.2, 0.25) is 0 Å². The minimum absolute atomic E-state index is 0.140. The zero-order chi connectivity index (χ0) is 15.0. The van der Waals surface area contributed by atoms with Crippen LogP contribution in [-0.4, -0.2) is 37.0 Å². The van der Waals surface area contributed by atoms with E-state index in [1.807, 2.05) is 18.5 Å². The Labute approximate surface area is 124 Å². The first-order chi connectivity index (χ1) is 10.1. The molecule has 2 N–H and O–H groups in total. The molecule has 0 bridgehead atoms. The SMILES string of the molecule is CCn1nc(C)c2nc(C)nc(NC3CCC(O)CC3)c21. The molecule has 0 spiro atoms. The first-order valence-corrected chi connectivity index (χ1v) is 7.74. The van der Waals surface area contributed by atoms with Crippen LogP contribution in [0.4, 0.5) is 5.82 Å². The zero-order valence-electron chi connectivity index (χ0n) is 12.9. The summed E-state index contributed by atoms with van der Waals surface area (Å²) in [5.41, 5.74) is 2.87. The largest absolute Gasteiger partial charge is 0.393 e. The lowest BCUT2D eigenvalue weighted by molar-refractivity contribution is 0.126. The fourth-order valence-corrected chi connectivity index (χ4v) is 3.08. The van der Waals surface area contributed by atoms with Crippen molar-refractivity contribution in [3.63, 3.8) is 0 Å². The fraction of sp³-hybridized carbons (Fsp3) is 0.667. The molecule has 6 nitrogen and oxygen atoms in total. The lowest BCUT2D eigenvalue weighted by Crippen LogP contribution is -2.29. The molecule has 2 aromatic rings. The van der Waals surface area contributed by atoms with E-state index in [1.54, 1.807) is 0 Å². The van der Waals surface area contributed by atoms with Gasteiger partial charge in [0, 0.05) is 12.6 Å². The highest BCUT2D eigenvalue weighted by molar-refractivity contribution is 5.87. The number of aromatic nitrogens is 4. The second kappa shape index (κ2) is 5.60. The van der Waals surface area contributed by atoms with Crippen LogP contribution in [0.15, 0.2) is 0 Å². The van der Waals surface area contributed by atoms with Gasteiger partial charge in [-0.05, 0) is 46.5 Å². The number of fused-ring (bicyclic) bond motifs is 1. The molecular weight excluding hydrogens is 266 g/mol. The Bertz CT molecular complexity index is 643. The van der Waals surface area contributed by atoms with Crippen LogP contribution in [0.1, 0.15) is 44.1 Å². The van der Waals surface area contributed by atoms with Crippen LogP contribution >= 0.6 is 0 Å². The van der Waals surface area contributed by atoms with E-state index in [2.05, 4.69) is 27.3 Å². The lowest BCUT2D eigenvalue weighted by Gasteiger charge is -2.26. The highest BCUT2D eigenvalue weighted by atomic mass is 16.3. The van der Waals surface area contributed by atoms with Crippen molar-refractivity contribution >= 4 is 16.9 Å². The molecule has 0 unspecified atom stereocenters. The number of nitrogens with zero attached hydrogens (tertiary/aromatic N) is 4. The van der Waals surface area contributed by atoms with E-state index in [0.717, 1.165) is 60.6 Å². The average molecular weight is 289 g/mol. The summed E-state index contributed by atoms with van der Waals surface area (Å²) in [7, 11) is 0. The summed E-state index contributed by atoms with van der Waals surface area (Å²) in [5.74, 6) is 1.64. The molecule has 6 heteroatoms. The van der Waals surface area contributed by atoms with Crippen molar-refractivity contribution in [1.29, 1.82) is 0 Å². The third kappa shape index (κ3) is 2.72. The summed E-state index contributed by atoms with van der Waals surface area (Å²) in [6, 6.07) is 0.367. The predicted octanol–water partition coefficient (Wildman–Crippen LogP) is 2.18. The lowest BCUT2D eigenvalue weighted by atomic mass is 9.93. The molecule has 2 aromatic heterocycles. The number of anilines is 1. The van der Waals surface area contributed by atoms with Gasteiger partial charge in [0.05, 0.1) is 11.8 Å². The van der Waals surface area contributed by atoms with E-state index in [0.29, 0.717) is 6.04 Å². The molecule has 3 rings (SSSR count). The third-order valence-electron chi connectivity index (χ3n) is 4.20. The summed E-state index contributed by atoms with van der Waals surface area (Å²) in [4.78, 5) is 9.13. The highest BCUT2D eigenvalue weighted by Crippen LogP contribution is 2.27. The number of aryl methyl sites for hydroxylation is 3. The smallest absolute Gasteiger partial charge is 0.156 e. The second-order valence-electron chi connectivity index (χ2n) is 5.87. The van der Waals surface area contributed by atoms with Crippen LogP contribution in [0.25, 0.3) is 11.0 Å². The maximum Gasteiger partial charge on any atom is 0.156 e. The molecule has 1 fully saturated rings. The number of nitrogens with one attached hydrogen (secondary N) is 1. The molecule has 21 heavy (non-hydrogen) atoms. The van der Waals surface area contributed by atoms with Gasteiger partial charge in [-0.15, -0.1) is 0 Å². The topological polar surface area (TPSA) is 75.9 Å². The Morgan fingerprint density at radius 2 is 1.90 bits per heavy atom. The molecule has 2 heterocycles. The molecular formula is C15H23N5O. The molecule has 1 aliphatic rings. The Morgan fingerprint density at radius 3 is 2.57 bits per heavy atom. The maximum absolute atomic E-state index is 9.63. The molecule has 114 valence electrons. The number of aliphatic hydroxyl groups excluding tert-OH is 1. The van der Waals surface area contributed by atoms with Gasteiger partial charge in [0.25, 0.3) is 0 Å². The Balaban J connectivity index is 1.97. The molecule has 0 amide bonds. The van der Waals surface area contributed by atoms with Crippen molar-refractivity contribution in [2.45, 2.75) is 65.1 Å². The predicted molar refractivity (Wildman–Crippen MR) is 82.4 cm³/mol. The van der Waals surface area contributed by atoms with Gasteiger partial charge in [0.1, 0.15) is 16.9 Å². The third-order valence-corrected chi connectivity index (χ3v) is 4.20. The molecule has 0 aliphatic heterocycles. The maximum atomic E-state index is 9.63. The molecule has 1 aliphatic carbocycles. The number of rotatable bonds is 3. The van der Waals surface area contributed by atoms with Crippen LogP contribution < -0.4 is 5.32 Å². The monoisotopic (exact) mass is 289 g/mol. The van der Waals surface area contributed by atoms with Crippen molar-refractivity contribution in [1.82, 2.24) is 19.7 Å². The van der Waals surface area contributed by atoms with Gasteiger partial charge in [-0.25, -0.2) is 9.97 Å². The van der Waals surface area contributed by atoms with Gasteiger partial charge in [-0.3, -0.25) is 4.68 Å². The second-order valence-corrected chi connectivity index (χ2v) is 5.87. The van der Waals surface area contributed by atoms with Crippen molar-refractivity contribution in [2.24, 2.45) is 0 Å². The van der Waals surface area contributed by atoms with Gasteiger partial charge < -0.3 is 10.4 Å². The van der Waals surface area contributed by atoms with Crippen LogP contribution in [0, 0.1) is 13.8 Å². The van der Waals surface area contributed by atoms with Crippen LogP contribution in [0.3, 0.4) is 0 Å². The summed E-state index contributed by atoms with van der Waals surface area (Å²) >= 11 is 0. The number of hydrogen-bond donors (Lipinski definition) is 2. The summed E-state index contributed by atoms with van der Waals surface area (Å²) in [6.07, 6.45) is 3.53. The van der Waals surface area contributed by atoms with Gasteiger partial charge in [-0.1, -0.05) is 0 Å². The standard InChI is InChI=1S/C15H23N5O/c1-4-20-14-13(9(2)19-20)16-10(3)17-15(14)18-11-5-7-12(21)8-6-11/h11-12,21H,4-8H2,1-3H3,(H,16,17,18). The van der Waals surface area contributed by atoms with Crippen molar-refractivity contribution in [3.05, 3.63) is 11.5 Å². The van der Waals surface area contributed by atoms with Crippen molar-refractivity contribution < 1.29 is 5.11 Å². The van der Waals surface area contributed by atoms with E-state index in [9.17, 15) is 5.11 Å². The molecule has 0 radical (unpaired) electrons. The number of hydrogen-bond acceptors (Lipinski definition) is 5. The van der Waals surface area contributed by atoms with E-state index < -0.39 is 0 Å². The first-order valence-electron chi connectivity index (χ1n) is 7.74. The van der Waals surface area contributed by atoms with Crippen LogP contribution in [0.5, 0.6) is 0 Å². The van der Waals surface area contributed by atoms with E-state index >= 15 is 0 Å². The summed E-state index contributed by atoms with van der Waals surface area (Å²) < 4.78 is 1.96. The van der Waals surface area contributed by atoms with Gasteiger partial charge in [0.15, 0.2) is 5.82 Å². The van der Waals surface area contributed by atoms with E-state index in [4.69, 9.17) is 0 Å². The molecule has 0 atom stereocenters. The molecule has 0 saturated heterocycles. The van der Waals surface area contributed by atoms with Crippen LogP contribution in [-0.2, 0) is 6.54 Å². The molecule has 1 saturated carbocycles. The summed E-state index contributed by atoms with van der Waals surface area (Å²) in [6.45, 7) is 6.78. The number of aliphatic hydroxyl groups is 1. The quantitative estimate of drug-likeness (QED) is 0.905. The Hall–Kier alpha value is -1.69. The Morgan fingerprint density at radius 1 is 1.19 bits per heavy atom. The summed E-state index contributed by atoms with van der Waals surface area (Å²) in [5, 5.41) is 17.7. The average Bonchev–Trinajstić information content (AvgIpc) is 2.78. The normalized spacial score (nSPS) is 22.7. The van der Waals surface area contributed by atoms with E-state index in [1.165, 1.54) is 0 Å². The molecule has 0 aromatic carbocycles. The van der Waals surface area contributed by atoms with E-state index in [-0.39, 0.29) is 6.10 Å². The minimum atomic E-state index is -0.140. The van der Waals surface area contributed by atoms with Gasteiger partial charge in [-0.2, -0.15) is 5.10 Å².